The summed E-state index contributed by atoms with van der Waals surface area (Å²) in [5, 5.41) is 2.63. The Morgan fingerprint density at radius 3 is 2.68 bits per heavy atom. The fraction of sp³-hybridized carbons (Fsp3) is 0.556. The monoisotopic (exact) mass is 734 g/mol. The Kier molecular flexibility index (Phi) is 9.38. The highest BCUT2D eigenvalue weighted by molar-refractivity contribution is 7.92. The van der Waals surface area contributed by atoms with Crippen molar-refractivity contribution in [3.8, 4) is 5.75 Å². The van der Waals surface area contributed by atoms with Crippen molar-refractivity contribution in [2.45, 2.75) is 81.0 Å². The molecule has 2 saturated carbocycles. The molecule has 7 rings (SSSR count). The smallest absolute Gasteiger partial charge is 0.411 e. The molecule has 270 valence electrons. The maximum atomic E-state index is 14.1. The number of urea groups is 1. The second kappa shape index (κ2) is 13.4. The summed E-state index contributed by atoms with van der Waals surface area (Å²) >= 11 is 6.41. The lowest BCUT2D eigenvalue weighted by Crippen LogP contribution is -2.52. The first-order valence-corrected chi connectivity index (χ1v) is 19.3. The number of methoxy groups -OCH3 is 1. The number of carbonyl (C=O) groups excluding carboxylic acids is 2. The number of hydrogen-bond donors (Lipinski definition) is 2. The Morgan fingerprint density at radius 1 is 1.14 bits per heavy atom. The summed E-state index contributed by atoms with van der Waals surface area (Å²) in [4.78, 5) is 28.8. The number of rotatable bonds is 3. The van der Waals surface area contributed by atoms with Gasteiger partial charge in [-0.05, 0) is 111 Å². The minimum Gasteiger partial charge on any atom is -0.490 e. The fourth-order valence-corrected chi connectivity index (χ4v) is 9.81. The molecule has 3 amide bonds. The Hall–Kier alpha value is -3.29. The van der Waals surface area contributed by atoms with E-state index in [1.807, 2.05) is 29.6 Å². The van der Waals surface area contributed by atoms with E-state index in [0.29, 0.717) is 48.5 Å². The Labute approximate surface area is 295 Å². The van der Waals surface area contributed by atoms with Gasteiger partial charge in [-0.3, -0.25) is 9.52 Å². The number of benzene rings is 2. The van der Waals surface area contributed by atoms with Gasteiger partial charge in [-0.1, -0.05) is 29.8 Å². The number of hydrogen-bond acceptors (Lipinski definition) is 6. The van der Waals surface area contributed by atoms with E-state index in [2.05, 4.69) is 20.1 Å². The van der Waals surface area contributed by atoms with E-state index < -0.39 is 33.6 Å². The summed E-state index contributed by atoms with van der Waals surface area (Å²) in [7, 11) is -2.12. The summed E-state index contributed by atoms with van der Waals surface area (Å²) in [6.07, 6.45) is 4.15. The summed E-state index contributed by atoms with van der Waals surface area (Å²) in [6.45, 7) is 1.78. The van der Waals surface area contributed by atoms with Gasteiger partial charge in [-0.15, -0.1) is 4.36 Å². The van der Waals surface area contributed by atoms with Crippen molar-refractivity contribution in [3.05, 3.63) is 70.3 Å². The molecule has 14 heteroatoms. The van der Waals surface area contributed by atoms with Gasteiger partial charge in [-0.2, -0.15) is 13.2 Å². The topological polar surface area (TPSA) is 109 Å². The molecule has 9 nitrogen and oxygen atoms in total. The van der Waals surface area contributed by atoms with Crippen LogP contribution in [0.15, 0.2) is 52.9 Å². The average molecular weight is 735 g/mol. The number of aryl methyl sites for hydroxylation is 1. The fourth-order valence-electron chi connectivity index (χ4n) is 8.11. The maximum absolute atomic E-state index is 14.1. The third kappa shape index (κ3) is 6.85. The van der Waals surface area contributed by atoms with Crippen LogP contribution in [0.2, 0.25) is 5.02 Å². The van der Waals surface area contributed by atoms with Crippen LogP contribution in [0.25, 0.3) is 0 Å². The van der Waals surface area contributed by atoms with Gasteiger partial charge in [0.2, 0.25) is 0 Å². The van der Waals surface area contributed by atoms with Crippen LogP contribution in [0, 0.1) is 11.8 Å². The molecular formula is C36H42ClF3N4O5S. The largest absolute Gasteiger partial charge is 0.490 e. The van der Waals surface area contributed by atoms with Gasteiger partial charge in [0.1, 0.15) is 21.2 Å². The molecule has 5 atom stereocenters. The van der Waals surface area contributed by atoms with Crippen LogP contribution in [-0.4, -0.2) is 66.5 Å². The number of alkyl halides is 3. The molecule has 0 radical (unpaired) electrons. The van der Waals surface area contributed by atoms with Gasteiger partial charge >= 0.3 is 12.2 Å². The number of halogens is 4. The van der Waals surface area contributed by atoms with Crippen LogP contribution in [0.3, 0.4) is 0 Å². The highest BCUT2D eigenvalue weighted by Crippen LogP contribution is 2.49. The highest BCUT2D eigenvalue weighted by atomic mass is 35.5. The van der Waals surface area contributed by atoms with Crippen LogP contribution in [0.4, 0.5) is 23.7 Å². The van der Waals surface area contributed by atoms with E-state index in [-0.39, 0.29) is 48.0 Å². The van der Waals surface area contributed by atoms with Gasteiger partial charge in [0, 0.05) is 36.2 Å². The normalized spacial score (nSPS) is 31.1. The number of nitrogens with zero attached hydrogens (tertiary/aromatic N) is 2. The molecule has 2 bridgehead atoms. The molecule has 2 fully saturated rings. The summed E-state index contributed by atoms with van der Waals surface area (Å²) in [6, 6.07) is 9.77. The van der Waals surface area contributed by atoms with E-state index in [4.69, 9.17) is 21.1 Å². The minimum atomic E-state index is -4.66. The van der Waals surface area contributed by atoms with Gasteiger partial charge in [0.15, 0.2) is 0 Å². The summed E-state index contributed by atoms with van der Waals surface area (Å²) in [5.74, 6) is 0.134. The molecule has 3 aliphatic carbocycles. The molecule has 1 spiro atoms. The maximum Gasteiger partial charge on any atom is 0.411 e. The predicted octanol–water partition coefficient (Wildman–Crippen LogP) is 7.12. The van der Waals surface area contributed by atoms with E-state index in [0.717, 1.165) is 32.1 Å². The molecule has 0 aromatic heterocycles. The first-order valence-electron chi connectivity index (χ1n) is 17.3. The average Bonchev–Trinajstić information content (AvgIpc) is 3.86. The molecular weight excluding hydrogens is 693 g/mol. The zero-order valence-electron chi connectivity index (χ0n) is 27.9. The van der Waals surface area contributed by atoms with Crippen LogP contribution in [0.5, 0.6) is 5.75 Å². The number of ether oxygens (including phenoxy) is 2. The standard InChI is InChI=1S/C36H42ClF3N4O5S/c1-48-30-7-3-2-4-17-50(47,43-33(46)41-35(15-16-35)36(38,39)40)42-32(45)24-9-13-31-29(19-24)44(20-25-8-11-27(25)30)21-34(22-49-31)14-5-6-23-18-26(37)10-12-28(23)34/h3,7,9-10,12-13,18-19,25,27,30H,2,4-6,8,11,14-17,20-22H2,1H3,(H2,41,42,43,45,46,47)/b7-3+/t25-,27+,30-,34-,50?/m0/s1. The van der Waals surface area contributed by atoms with Crippen molar-refractivity contribution < 1.29 is 36.4 Å². The van der Waals surface area contributed by atoms with Gasteiger partial charge in [0.05, 0.1) is 24.2 Å². The molecule has 2 aliphatic heterocycles. The van der Waals surface area contributed by atoms with Crippen molar-refractivity contribution in [1.29, 1.82) is 0 Å². The van der Waals surface area contributed by atoms with Gasteiger partial charge < -0.3 is 19.7 Å². The third-order valence-electron chi connectivity index (χ3n) is 11.2. The Morgan fingerprint density at radius 2 is 1.96 bits per heavy atom. The zero-order valence-corrected chi connectivity index (χ0v) is 29.5. The van der Waals surface area contributed by atoms with Crippen LogP contribution in [-0.2, 0) is 26.5 Å². The van der Waals surface area contributed by atoms with Crippen molar-refractivity contribution in [2.75, 3.05) is 37.5 Å². The van der Waals surface area contributed by atoms with Crippen molar-refractivity contribution in [3.63, 3.8) is 0 Å². The summed E-state index contributed by atoms with van der Waals surface area (Å²) < 4.78 is 73.4. The number of carbonyl (C=O) groups is 2. The highest BCUT2D eigenvalue weighted by Gasteiger charge is 2.64. The number of fused-ring (bicyclic) bond motifs is 4. The van der Waals surface area contributed by atoms with Crippen LogP contribution >= 0.6 is 11.6 Å². The lowest BCUT2D eigenvalue weighted by Gasteiger charge is -2.46. The third-order valence-corrected chi connectivity index (χ3v) is 13.2. The molecule has 2 heterocycles. The Bertz CT molecular complexity index is 1820. The summed E-state index contributed by atoms with van der Waals surface area (Å²) in [5.41, 5.74) is 0.583. The number of allylic oxidation sites excluding steroid dienone is 1. The SMILES string of the molecule is CO[C@H]1/C=C/CCCS(=O)(NC(=O)NC2(C(F)(F)F)CC2)=NC(=O)c2ccc3c(c2)N(C[C@@H]2CC[C@H]21)C[C@@]1(CCCc2cc(Cl)ccc21)CO3. The van der Waals surface area contributed by atoms with E-state index in [1.165, 1.54) is 11.1 Å². The second-order valence-corrected chi connectivity index (χ2v) is 16.9. The Balaban J connectivity index is 1.26. The molecule has 0 saturated heterocycles. The molecule has 1 unspecified atom stereocenters. The quantitative estimate of drug-likeness (QED) is 0.325. The molecule has 5 aliphatic rings. The van der Waals surface area contributed by atoms with Crippen molar-refractivity contribution in [2.24, 2.45) is 16.2 Å². The first kappa shape index (κ1) is 35.1. The number of anilines is 1. The van der Waals surface area contributed by atoms with Gasteiger partial charge in [-0.25, -0.2) is 9.00 Å². The number of amides is 3. The molecule has 50 heavy (non-hydrogen) atoms. The first-order chi connectivity index (χ1) is 23.8. The van der Waals surface area contributed by atoms with Crippen molar-refractivity contribution in [1.82, 2.24) is 10.0 Å². The van der Waals surface area contributed by atoms with Gasteiger partial charge in [0.25, 0.3) is 5.91 Å². The number of nitrogens with one attached hydrogen (secondary N) is 2. The van der Waals surface area contributed by atoms with E-state index in [9.17, 15) is 27.0 Å². The lowest BCUT2D eigenvalue weighted by atomic mass is 9.68. The van der Waals surface area contributed by atoms with E-state index in [1.54, 1.807) is 25.3 Å². The molecule has 2 N–H and O–H groups in total. The van der Waals surface area contributed by atoms with Crippen LogP contribution in [0.1, 0.15) is 72.9 Å². The molecule has 2 aromatic carbocycles. The van der Waals surface area contributed by atoms with Crippen molar-refractivity contribution >= 4 is 39.1 Å². The van der Waals surface area contributed by atoms with Crippen LogP contribution < -0.4 is 19.7 Å². The minimum absolute atomic E-state index is 0.139. The van der Waals surface area contributed by atoms with E-state index >= 15 is 0 Å². The predicted molar refractivity (Wildman–Crippen MR) is 185 cm³/mol. The zero-order chi connectivity index (χ0) is 35.3. The molecule has 2 aromatic rings. The second-order valence-electron chi connectivity index (χ2n) is 14.4. The lowest BCUT2D eigenvalue weighted by molar-refractivity contribution is -0.162.